The van der Waals surface area contributed by atoms with E-state index in [0.29, 0.717) is 5.57 Å². The molecule has 1 unspecified atom stereocenters. The Kier molecular flexibility index (Phi) is 3.27. The van der Waals surface area contributed by atoms with Crippen LogP contribution < -0.4 is 0 Å². The molecule has 0 radical (unpaired) electrons. The molecule has 0 spiro atoms. The fraction of sp³-hybridized carbons (Fsp3) is 0.100. The zero-order chi connectivity index (χ0) is 15.6. The molecule has 0 heterocycles. The van der Waals surface area contributed by atoms with Gasteiger partial charge in [0.25, 0.3) is 0 Å². The van der Waals surface area contributed by atoms with Gasteiger partial charge in [-0.25, -0.2) is 0 Å². The fourth-order valence-corrected chi connectivity index (χ4v) is 2.97. The summed E-state index contributed by atoms with van der Waals surface area (Å²) < 4.78 is 0. The molecule has 1 atom stereocenters. The summed E-state index contributed by atoms with van der Waals surface area (Å²) in [7, 11) is 0. The van der Waals surface area contributed by atoms with E-state index in [-0.39, 0.29) is 5.92 Å². The molecule has 1 aromatic carbocycles. The molecule has 2 nitrogen and oxygen atoms in total. The van der Waals surface area contributed by atoms with Crippen LogP contribution >= 0.6 is 0 Å². The largest absolute Gasteiger partial charge is 0.196 e. The molecule has 0 N–H and O–H groups in total. The van der Waals surface area contributed by atoms with Crippen molar-refractivity contribution < 1.29 is 0 Å². The summed E-state index contributed by atoms with van der Waals surface area (Å²) in [5.41, 5.74) is 2.02. The molecule has 0 saturated heterocycles. The lowest BCUT2D eigenvalue weighted by Gasteiger charge is -2.23. The minimum absolute atomic E-state index is 0.262. The summed E-state index contributed by atoms with van der Waals surface area (Å²) in [6.07, 6.45) is 17.0. The van der Waals surface area contributed by atoms with Gasteiger partial charge in [0.2, 0.25) is 0 Å². The second-order valence-electron chi connectivity index (χ2n) is 5.23. The lowest BCUT2D eigenvalue weighted by atomic mass is 9.73. The molecule has 2 aliphatic rings. The van der Waals surface area contributed by atoms with Crippen molar-refractivity contribution in [3.8, 4) is 24.5 Å². The quantitative estimate of drug-likeness (QED) is 0.735. The van der Waals surface area contributed by atoms with Crippen LogP contribution in [-0.2, 0) is 0 Å². The number of hydrogen-bond acceptors (Lipinski definition) is 2. The van der Waals surface area contributed by atoms with Crippen molar-refractivity contribution in [2.24, 2.45) is 11.3 Å². The van der Waals surface area contributed by atoms with Gasteiger partial charge in [0.15, 0.2) is 5.41 Å². The van der Waals surface area contributed by atoms with Crippen molar-refractivity contribution in [1.29, 1.82) is 10.5 Å². The lowest BCUT2D eigenvalue weighted by Crippen LogP contribution is -2.24. The fourth-order valence-electron chi connectivity index (χ4n) is 2.97. The van der Waals surface area contributed by atoms with Gasteiger partial charge >= 0.3 is 0 Å². The van der Waals surface area contributed by atoms with E-state index in [9.17, 15) is 10.5 Å². The summed E-state index contributed by atoms with van der Waals surface area (Å²) in [6, 6.07) is 11.9. The van der Waals surface area contributed by atoms with Crippen molar-refractivity contribution in [1.82, 2.24) is 0 Å². The van der Waals surface area contributed by atoms with Gasteiger partial charge in [-0.05, 0) is 28.8 Å². The molecule has 2 aliphatic carbocycles. The maximum absolute atomic E-state index is 9.77. The van der Waals surface area contributed by atoms with Crippen LogP contribution in [0.2, 0.25) is 0 Å². The molecule has 1 aromatic rings. The standard InChI is InChI=1S/C20H12N2/c1-2-15-7-6-9-16(11-15)19-12-17-8-4-3-5-10-18(17)20(19,13-21)14-22/h1,3-12,18H. The molecule has 0 aromatic heterocycles. The Morgan fingerprint density at radius 2 is 1.91 bits per heavy atom. The molecule has 22 heavy (non-hydrogen) atoms. The first-order valence-electron chi connectivity index (χ1n) is 6.92. The number of allylic oxidation sites excluding steroid dienone is 8. The number of nitrogens with zero attached hydrogens (tertiary/aromatic N) is 2. The lowest BCUT2D eigenvalue weighted by molar-refractivity contribution is 0.578. The average Bonchev–Trinajstić information content (AvgIpc) is 2.71. The number of hydrogen-bond donors (Lipinski definition) is 0. The molecule has 0 saturated carbocycles. The third-order valence-corrected chi connectivity index (χ3v) is 4.07. The van der Waals surface area contributed by atoms with Gasteiger partial charge in [-0.15, -0.1) is 6.42 Å². The predicted octanol–water partition coefficient (Wildman–Crippen LogP) is 3.77. The highest BCUT2D eigenvalue weighted by Gasteiger charge is 2.48. The van der Waals surface area contributed by atoms with Crippen molar-refractivity contribution in [2.45, 2.75) is 0 Å². The molecule has 0 bridgehead atoms. The van der Waals surface area contributed by atoms with Crippen molar-refractivity contribution in [3.05, 3.63) is 77.4 Å². The molecule has 102 valence electrons. The van der Waals surface area contributed by atoms with Crippen LogP contribution in [0.3, 0.4) is 0 Å². The van der Waals surface area contributed by atoms with E-state index in [1.165, 1.54) is 0 Å². The van der Waals surface area contributed by atoms with E-state index >= 15 is 0 Å². The van der Waals surface area contributed by atoms with Crippen LogP contribution in [0.25, 0.3) is 5.57 Å². The first-order valence-corrected chi connectivity index (χ1v) is 6.92. The summed E-state index contributed by atoms with van der Waals surface area (Å²) in [4.78, 5) is 0. The first kappa shape index (κ1) is 13.7. The molecular weight excluding hydrogens is 268 g/mol. The van der Waals surface area contributed by atoms with Crippen molar-refractivity contribution >= 4 is 5.57 Å². The van der Waals surface area contributed by atoms with Crippen LogP contribution in [-0.4, -0.2) is 0 Å². The average molecular weight is 280 g/mol. The van der Waals surface area contributed by atoms with E-state index in [2.05, 4.69) is 18.1 Å². The van der Waals surface area contributed by atoms with Gasteiger partial charge in [0.1, 0.15) is 0 Å². The van der Waals surface area contributed by atoms with Gasteiger partial charge in [0, 0.05) is 11.5 Å². The SMILES string of the molecule is C#Cc1cccc(C2=CC3=CC=CC=CC3C2(C#N)C#N)c1. The molecule has 0 amide bonds. The van der Waals surface area contributed by atoms with Gasteiger partial charge in [0.05, 0.1) is 12.1 Å². The monoisotopic (exact) mass is 280 g/mol. The van der Waals surface area contributed by atoms with E-state index in [1.807, 2.05) is 60.7 Å². The number of rotatable bonds is 1. The Balaban J connectivity index is 2.23. The maximum atomic E-state index is 9.77. The highest BCUT2D eigenvalue weighted by molar-refractivity contribution is 5.83. The zero-order valence-corrected chi connectivity index (χ0v) is 11.8. The smallest absolute Gasteiger partial charge is 0.179 e. The Bertz CT molecular complexity index is 860. The van der Waals surface area contributed by atoms with Gasteiger partial charge in [-0.1, -0.05) is 54.5 Å². The minimum Gasteiger partial charge on any atom is -0.196 e. The Morgan fingerprint density at radius 3 is 2.64 bits per heavy atom. The predicted molar refractivity (Wildman–Crippen MR) is 85.9 cm³/mol. The van der Waals surface area contributed by atoms with Crippen molar-refractivity contribution in [2.75, 3.05) is 0 Å². The zero-order valence-electron chi connectivity index (χ0n) is 11.8. The van der Waals surface area contributed by atoms with E-state index in [4.69, 9.17) is 6.42 Å². The van der Waals surface area contributed by atoms with Crippen LogP contribution in [0, 0.1) is 46.3 Å². The van der Waals surface area contributed by atoms with Crippen LogP contribution in [0.4, 0.5) is 0 Å². The molecule has 0 fully saturated rings. The summed E-state index contributed by atoms with van der Waals surface area (Å²) in [6.45, 7) is 0. The molecule has 3 rings (SSSR count). The molecule has 0 aliphatic heterocycles. The van der Waals surface area contributed by atoms with E-state index < -0.39 is 5.41 Å². The highest BCUT2D eigenvalue weighted by atomic mass is 14.5. The van der Waals surface area contributed by atoms with Crippen LogP contribution in [0.15, 0.2) is 66.3 Å². The topological polar surface area (TPSA) is 47.6 Å². The van der Waals surface area contributed by atoms with Gasteiger partial charge in [-0.3, -0.25) is 0 Å². The maximum Gasteiger partial charge on any atom is 0.179 e. The van der Waals surface area contributed by atoms with Gasteiger partial charge in [-0.2, -0.15) is 10.5 Å². The number of benzene rings is 1. The summed E-state index contributed by atoms with van der Waals surface area (Å²) >= 11 is 0. The Hall–Kier alpha value is -3.28. The number of terminal acetylenes is 1. The highest BCUT2D eigenvalue weighted by Crippen LogP contribution is 2.51. The summed E-state index contributed by atoms with van der Waals surface area (Å²) in [5, 5.41) is 19.5. The van der Waals surface area contributed by atoms with Crippen LogP contribution in [0.1, 0.15) is 11.1 Å². The van der Waals surface area contributed by atoms with E-state index in [1.54, 1.807) is 0 Å². The van der Waals surface area contributed by atoms with Gasteiger partial charge < -0.3 is 0 Å². The Labute approximate surface area is 130 Å². The second-order valence-corrected chi connectivity index (χ2v) is 5.23. The van der Waals surface area contributed by atoms with Crippen LogP contribution in [0.5, 0.6) is 0 Å². The first-order chi connectivity index (χ1) is 10.7. The normalized spacial score (nSPS) is 20.7. The molecule has 2 heteroatoms. The molecular formula is C20H12N2. The Morgan fingerprint density at radius 1 is 1.09 bits per heavy atom. The number of nitriles is 2. The minimum atomic E-state index is -1.22. The third kappa shape index (κ3) is 1.89. The van der Waals surface area contributed by atoms with E-state index in [0.717, 1.165) is 16.7 Å². The third-order valence-electron chi connectivity index (χ3n) is 4.07. The van der Waals surface area contributed by atoms with Crippen molar-refractivity contribution in [3.63, 3.8) is 0 Å². The summed E-state index contributed by atoms with van der Waals surface area (Å²) in [5.74, 6) is 2.33. The second kappa shape index (κ2) is 5.25. The number of fused-ring (bicyclic) bond motifs is 1.